The topological polar surface area (TPSA) is 38.7 Å². The fourth-order valence-electron chi connectivity index (χ4n) is 6.79. The SMILES string of the molecule is c1ccc(-c2nc(-c3ccc(-c4ccc5sc6ccccc6c5c4)cc3)nc(-c3ccc(-c4ccc5sc6ccccc6c5c4)cc3)n2)cc1. The van der Waals surface area contributed by atoms with Gasteiger partial charge in [-0.3, -0.25) is 0 Å². The number of hydrogen-bond donors (Lipinski definition) is 0. The van der Waals surface area contributed by atoms with Crippen LogP contribution in [0, 0.1) is 0 Å². The number of fused-ring (bicyclic) bond motifs is 6. The van der Waals surface area contributed by atoms with E-state index in [1.165, 1.54) is 51.5 Å². The molecule has 3 aromatic heterocycles. The Morgan fingerprint density at radius 1 is 0.260 bits per heavy atom. The van der Waals surface area contributed by atoms with Crippen LogP contribution in [-0.2, 0) is 0 Å². The highest BCUT2D eigenvalue weighted by molar-refractivity contribution is 7.26. The second-order valence-electron chi connectivity index (χ2n) is 12.4. The third-order valence-corrected chi connectivity index (χ3v) is 11.7. The Kier molecular flexibility index (Phi) is 6.86. The number of hydrogen-bond acceptors (Lipinski definition) is 5. The van der Waals surface area contributed by atoms with Gasteiger partial charge in [-0.05, 0) is 58.7 Å². The molecule has 10 rings (SSSR count). The molecule has 0 fully saturated rings. The first-order valence-corrected chi connectivity index (χ1v) is 18.2. The highest BCUT2D eigenvalue weighted by atomic mass is 32.1. The molecule has 10 aromatic rings. The molecule has 0 amide bonds. The summed E-state index contributed by atoms with van der Waals surface area (Å²) in [5.41, 5.74) is 7.56. The van der Waals surface area contributed by atoms with Crippen LogP contribution in [0.3, 0.4) is 0 Å². The van der Waals surface area contributed by atoms with Gasteiger partial charge in [-0.2, -0.15) is 0 Å². The molecule has 0 saturated carbocycles. The Bertz CT molecular complexity index is 2680. The summed E-state index contributed by atoms with van der Waals surface area (Å²) in [7, 11) is 0. The fourth-order valence-corrected chi connectivity index (χ4v) is 8.96. The lowest BCUT2D eigenvalue weighted by Crippen LogP contribution is -2.00. The molecule has 5 heteroatoms. The molecule has 0 spiro atoms. The summed E-state index contributed by atoms with van der Waals surface area (Å²) in [5.74, 6) is 1.96. The van der Waals surface area contributed by atoms with E-state index in [2.05, 4.69) is 133 Å². The molecule has 3 heterocycles. The maximum Gasteiger partial charge on any atom is 0.164 e. The predicted molar refractivity (Wildman–Crippen MR) is 213 cm³/mol. The van der Waals surface area contributed by atoms with Crippen molar-refractivity contribution in [2.24, 2.45) is 0 Å². The zero-order valence-electron chi connectivity index (χ0n) is 26.7. The van der Waals surface area contributed by atoms with E-state index >= 15 is 0 Å². The van der Waals surface area contributed by atoms with Crippen molar-refractivity contribution in [2.75, 3.05) is 0 Å². The Hall–Kier alpha value is -6.01. The highest BCUT2D eigenvalue weighted by Gasteiger charge is 2.14. The number of aromatic nitrogens is 3. The molecule has 3 nitrogen and oxygen atoms in total. The maximum atomic E-state index is 5.02. The largest absolute Gasteiger partial charge is 0.208 e. The van der Waals surface area contributed by atoms with Gasteiger partial charge in [-0.15, -0.1) is 22.7 Å². The summed E-state index contributed by atoms with van der Waals surface area (Å²) in [6, 6.07) is 58.0. The molecule has 0 aliphatic rings. The van der Waals surface area contributed by atoms with Crippen molar-refractivity contribution in [3.63, 3.8) is 0 Å². The van der Waals surface area contributed by atoms with Crippen molar-refractivity contribution in [1.82, 2.24) is 15.0 Å². The molecular formula is C45H27N3S2. The molecule has 234 valence electrons. The first-order valence-electron chi connectivity index (χ1n) is 16.6. The van der Waals surface area contributed by atoms with Crippen LogP contribution in [-0.4, -0.2) is 15.0 Å². The van der Waals surface area contributed by atoms with E-state index in [1.54, 1.807) is 0 Å². The van der Waals surface area contributed by atoms with Crippen LogP contribution in [0.2, 0.25) is 0 Å². The first kappa shape index (κ1) is 29.0. The van der Waals surface area contributed by atoms with E-state index < -0.39 is 0 Å². The molecule has 0 aliphatic heterocycles. The van der Waals surface area contributed by atoms with Crippen molar-refractivity contribution < 1.29 is 0 Å². The molecule has 0 unspecified atom stereocenters. The van der Waals surface area contributed by atoms with Gasteiger partial charge in [0.2, 0.25) is 0 Å². The van der Waals surface area contributed by atoms with Gasteiger partial charge in [-0.1, -0.05) is 127 Å². The van der Waals surface area contributed by atoms with Crippen LogP contribution in [0.5, 0.6) is 0 Å². The molecule has 0 saturated heterocycles. The van der Waals surface area contributed by atoms with E-state index in [-0.39, 0.29) is 0 Å². The second kappa shape index (κ2) is 11.8. The maximum absolute atomic E-state index is 5.02. The van der Waals surface area contributed by atoms with E-state index in [0.29, 0.717) is 17.5 Å². The van der Waals surface area contributed by atoms with Crippen LogP contribution in [0.4, 0.5) is 0 Å². The Balaban J connectivity index is 1.01. The molecule has 7 aromatic carbocycles. The third-order valence-electron chi connectivity index (χ3n) is 9.37. The molecule has 50 heavy (non-hydrogen) atoms. The molecule has 0 bridgehead atoms. The van der Waals surface area contributed by atoms with Crippen molar-refractivity contribution in [1.29, 1.82) is 0 Å². The zero-order chi connectivity index (χ0) is 33.0. The monoisotopic (exact) mass is 673 g/mol. The lowest BCUT2D eigenvalue weighted by molar-refractivity contribution is 1.07. The quantitative estimate of drug-likeness (QED) is 0.182. The summed E-state index contributed by atoms with van der Waals surface area (Å²) in [4.78, 5) is 14.9. The van der Waals surface area contributed by atoms with Crippen LogP contribution in [0.25, 0.3) is 96.8 Å². The van der Waals surface area contributed by atoms with Crippen molar-refractivity contribution in [3.8, 4) is 56.4 Å². The predicted octanol–water partition coefficient (Wildman–Crippen LogP) is 12.9. The number of thiophene rings is 2. The number of nitrogens with zero attached hydrogens (tertiary/aromatic N) is 3. The van der Waals surface area contributed by atoms with Gasteiger partial charge >= 0.3 is 0 Å². The minimum atomic E-state index is 0.651. The lowest BCUT2D eigenvalue weighted by Gasteiger charge is -2.10. The summed E-state index contributed by atoms with van der Waals surface area (Å²) in [6.07, 6.45) is 0. The minimum Gasteiger partial charge on any atom is -0.208 e. The average molecular weight is 674 g/mol. The van der Waals surface area contributed by atoms with E-state index in [1.807, 2.05) is 53.0 Å². The van der Waals surface area contributed by atoms with Crippen LogP contribution in [0.1, 0.15) is 0 Å². The Morgan fingerprint density at radius 3 is 1.06 bits per heavy atom. The first-order chi connectivity index (χ1) is 24.7. The Labute approximate surface area is 296 Å². The highest BCUT2D eigenvalue weighted by Crippen LogP contribution is 2.38. The standard InChI is InChI=1S/C45H27N3S2/c1-2-8-30(9-3-1)43-46-44(31-18-14-28(15-19-31)33-22-24-41-37(26-33)35-10-4-6-12-39(35)49-41)48-45(47-43)32-20-16-29(17-21-32)34-23-25-42-38(27-34)36-11-5-7-13-40(36)50-42/h1-27H. The normalized spacial score (nSPS) is 11.6. The third kappa shape index (κ3) is 5.07. The van der Waals surface area contributed by atoms with Crippen LogP contribution >= 0.6 is 22.7 Å². The Morgan fingerprint density at radius 2 is 0.600 bits per heavy atom. The van der Waals surface area contributed by atoms with Crippen LogP contribution < -0.4 is 0 Å². The minimum absolute atomic E-state index is 0.651. The second-order valence-corrected chi connectivity index (χ2v) is 14.6. The molecule has 0 N–H and O–H groups in total. The van der Waals surface area contributed by atoms with Gasteiger partial charge in [-0.25, -0.2) is 15.0 Å². The van der Waals surface area contributed by atoms with E-state index in [0.717, 1.165) is 27.8 Å². The summed E-state index contributed by atoms with van der Waals surface area (Å²) < 4.78 is 5.25. The molecular weight excluding hydrogens is 647 g/mol. The van der Waals surface area contributed by atoms with E-state index in [9.17, 15) is 0 Å². The van der Waals surface area contributed by atoms with Gasteiger partial charge in [0.15, 0.2) is 17.5 Å². The number of benzene rings is 7. The van der Waals surface area contributed by atoms with Gasteiger partial charge in [0, 0.05) is 57.0 Å². The van der Waals surface area contributed by atoms with Gasteiger partial charge in [0.25, 0.3) is 0 Å². The smallest absolute Gasteiger partial charge is 0.164 e. The van der Waals surface area contributed by atoms with Gasteiger partial charge in [0.05, 0.1) is 0 Å². The zero-order valence-corrected chi connectivity index (χ0v) is 28.4. The van der Waals surface area contributed by atoms with Gasteiger partial charge < -0.3 is 0 Å². The molecule has 0 radical (unpaired) electrons. The fraction of sp³-hybridized carbons (Fsp3) is 0. The van der Waals surface area contributed by atoms with E-state index in [4.69, 9.17) is 15.0 Å². The summed E-state index contributed by atoms with van der Waals surface area (Å²) in [6.45, 7) is 0. The van der Waals surface area contributed by atoms with Crippen molar-refractivity contribution >= 4 is 63.0 Å². The van der Waals surface area contributed by atoms with Crippen molar-refractivity contribution in [3.05, 3.63) is 164 Å². The summed E-state index contributed by atoms with van der Waals surface area (Å²) >= 11 is 3.68. The summed E-state index contributed by atoms with van der Waals surface area (Å²) in [5, 5.41) is 5.21. The van der Waals surface area contributed by atoms with Crippen molar-refractivity contribution in [2.45, 2.75) is 0 Å². The molecule has 0 atom stereocenters. The average Bonchev–Trinajstić information content (AvgIpc) is 3.76. The lowest BCUT2D eigenvalue weighted by atomic mass is 10.0. The van der Waals surface area contributed by atoms with Crippen LogP contribution in [0.15, 0.2) is 164 Å². The number of rotatable bonds is 5. The molecule has 0 aliphatic carbocycles. The van der Waals surface area contributed by atoms with Gasteiger partial charge in [0.1, 0.15) is 0 Å².